The number of nitrogens with one attached hydrogen (secondary N) is 1. The van der Waals surface area contributed by atoms with E-state index in [1.165, 1.54) is 20.0 Å². The zero-order chi connectivity index (χ0) is 14.6. The summed E-state index contributed by atoms with van der Waals surface area (Å²) in [7, 11) is -1.84. The fourth-order valence-corrected chi connectivity index (χ4v) is 5.28. The summed E-state index contributed by atoms with van der Waals surface area (Å²) in [6, 6.07) is 0.227. The Morgan fingerprint density at radius 1 is 1.15 bits per heavy atom. The quantitative estimate of drug-likeness (QED) is 0.630. The van der Waals surface area contributed by atoms with Gasteiger partial charge in [0, 0.05) is 6.04 Å². The van der Waals surface area contributed by atoms with Crippen molar-refractivity contribution in [2.24, 2.45) is 0 Å². The molecule has 1 aliphatic heterocycles. The summed E-state index contributed by atoms with van der Waals surface area (Å²) in [6.07, 6.45) is 7.83. The van der Waals surface area contributed by atoms with Gasteiger partial charge in [0.05, 0.1) is 18.6 Å². The molecule has 2 fully saturated rings. The van der Waals surface area contributed by atoms with Crippen molar-refractivity contribution in [3.63, 3.8) is 0 Å². The fraction of sp³-hybridized carbons (Fsp3) is 0.929. The first-order chi connectivity index (χ1) is 9.47. The molecular formula is C14H25NO4S. The summed E-state index contributed by atoms with van der Waals surface area (Å²) < 4.78 is 28.8. The Balaban J connectivity index is 2.16. The number of methoxy groups -OCH3 is 1. The highest BCUT2D eigenvalue weighted by Gasteiger charge is 2.47. The Bertz CT molecular complexity index is 440. The largest absolute Gasteiger partial charge is 0.468 e. The maximum absolute atomic E-state index is 12.2. The SMILES string of the molecule is COC(=O)C1(NC2CCCCCC2)CCCS(=O)(=O)C1. The molecule has 0 aromatic carbocycles. The molecule has 1 saturated heterocycles. The lowest BCUT2D eigenvalue weighted by Gasteiger charge is -2.38. The highest BCUT2D eigenvalue weighted by Crippen LogP contribution is 2.28. The molecule has 0 radical (unpaired) electrons. The Morgan fingerprint density at radius 2 is 1.80 bits per heavy atom. The first-order valence-electron chi connectivity index (χ1n) is 7.54. The van der Waals surface area contributed by atoms with Crippen molar-refractivity contribution in [2.75, 3.05) is 18.6 Å². The lowest BCUT2D eigenvalue weighted by atomic mass is 9.92. The zero-order valence-corrected chi connectivity index (χ0v) is 13.0. The molecule has 0 spiro atoms. The van der Waals surface area contributed by atoms with Gasteiger partial charge in [-0.3, -0.25) is 10.1 Å². The van der Waals surface area contributed by atoms with Gasteiger partial charge < -0.3 is 4.74 Å². The summed E-state index contributed by atoms with van der Waals surface area (Å²) in [5.74, 6) is -0.369. The molecule has 0 aromatic rings. The summed E-state index contributed by atoms with van der Waals surface area (Å²) in [4.78, 5) is 12.2. The van der Waals surface area contributed by atoms with E-state index in [4.69, 9.17) is 4.74 Å². The Hall–Kier alpha value is -0.620. The van der Waals surface area contributed by atoms with Crippen LogP contribution in [0.15, 0.2) is 0 Å². The highest BCUT2D eigenvalue weighted by atomic mass is 32.2. The molecule has 1 aliphatic carbocycles. The maximum Gasteiger partial charge on any atom is 0.327 e. The number of ether oxygens (including phenoxy) is 1. The van der Waals surface area contributed by atoms with Gasteiger partial charge >= 0.3 is 5.97 Å². The van der Waals surface area contributed by atoms with Crippen molar-refractivity contribution in [1.29, 1.82) is 0 Å². The smallest absolute Gasteiger partial charge is 0.327 e. The van der Waals surface area contributed by atoms with Crippen LogP contribution in [0.25, 0.3) is 0 Å². The molecule has 0 amide bonds. The van der Waals surface area contributed by atoms with Crippen LogP contribution >= 0.6 is 0 Å². The normalized spacial score (nSPS) is 31.4. The van der Waals surface area contributed by atoms with Crippen LogP contribution in [0.1, 0.15) is 51.4 Å². The fourth-order valence-electron chi connectivity index (χ4n) is 3.46. The van der Waals surface area contributed by atoms with Crippen LogP contribution in [0.2, 0.25) is 0 Å². The lowest BCUT2D eigenvalue weighted by Crippen LogP contribution is -2.62. The first-order valence-corrected chi connectivity index (χ1v) is 9.36. The van der Waals surface area contributed by atoms with Crippen molar-refractivity contribution >= 4 is 15.8 Å². The number of rotatable bonds is 3. The predicted octanol–water partition coefficient (Wildman–Crippen LogP) is 1.42. The van der Waals surface area contributed by atoms with Gasteiger partial charge in [0.2, 0.25) is 0 Å². The van der Waals surface area contributed by atoms with Gasteiger partial charge in [0.25, 0.3) is 0 Å². The standard InChI is InChI=1S/C14H25NO4S/c1-19-13(16)14(9-6-10-20(17,18)11-14)15-12-7-4-2-3-5-8-12/h12,15H,2-11H2,1H3. The molecule has 1 N–H and O–H groups in total. The van der Waals surface area contributed by atoms with Gasteiger partial charge in [-0.25, -0.2) is 8.42 Å². The molecule has 20 heavy (non-hydrogen) atoms. The Kier molecular flexibility index (Phi) is 5.07. The molecule has 1 unspecified atom stereocenters. The summed E-state index contributed by atoms with van der Waals surface area (Å²) in [5.41, 5.74) is -1.03. The molecule has 1 atom stereocenters. The molecule has 6 heteroatoms. The van der Waals surface area contributed by atoms with E-state index < -0.39 is 21.3 Å². The summed E-state index contributed by atoms with van der Waals surface area (Å²) >= 11 is 0. The third kappa shape index (κ3) is 3.73. The van der Waals surface area contributed by atoms with E-state index in [0.717, 1.165) is 25.7 Å². The molecular weight excluding hydrogens is 278 g/mol. The van der Waals surface area contributed by atoms with E-state index in [-0.39, 0.29) is 17.5 Å². The topological polar surface area (TPSA) is 72.5 Å². The van der Waals surface area contributed by atoms with Crippen LogP contribution < -0.4 is 5.32 Å². The number of carbonyl (C=O) groups is 1. The van der Waals surface area contributed by atoms with Crippen molar-refractivity contribution in [3.8, 4) is 0 Å². The number of sulfone groups is 1. The van der Waals surface area contributed by atoms with Crippen LogP contribution in [0.3, 0.4) is 0 Å². The van der Waals surface area contributed by atoms with E-state index in [1.54, 1.807) is 0 Å². The molecule has 2 aliphatic rings. The van der Waals surface area contributed by atoms with E-state index in [0.29, 0.717) is 12.8 Å². The van der Waals surface area contributed by atoms with Crippen molar-refractivity contribution in [3.05, 3.63) is 0 Å². The second-order valence-electron chi connectivity index (χ2n) is 6.10. The molecule has 0 bridgehead atoms. The summed E-state index contributed by atoms with van der Waals surface area (Å²) in [5, 5.41) is 3.36. The lowest BCUT2D eigenvalue weighted by molar-refractivity contribution is -0.148. The molecule has 116 valence electrons. The second kappa shape index (κ2) is 6.43. The number of hydrogen-bond donors (Lipinski definition) is 1. The van der Waals surface area contributed by atoms with Gasteiger partial charge in [-0.15, -0.1) is 0 Å². The van der Waals surface area contributed by atoms with Gasteiger partial charge in [-0.2, -0.15) is 0 Å². The van der Waals surface area contributed by atoms with Crippen molar-refractivity contribution < 1.29 is 17.9 Å². The highest BCUT2D eigenvalue weighted by molar-refractivity contribution is 7.91. The molecule has 0 aromatic heterocycles. The van der Waals surface area contributed by atoms with Crippen LogP contribution in [-0.4, -0.2) is 44.6 Å². The van der Waals surface area contributed by atoms with Crippen LogP contribution in [-0.2, 0) is 19.4 Å². The first kappa shape index (κ1) is 15.8. The van der Waals surface area contributed by atoms with E-state index in [1.807, 2.05) is 0 Å². The average molecular weight is 303 g/mol. The van der Waals surface area contributed by atoms with Crippen LogP contribution in [0.5, 0.6) is 0 Å². The molecule has 5 nitrogen and oxygen atoms in total. The van der Waals surface area contributed by atoms with E-state index >= 15 is 0 Å². The van der Waals surface area contributed by atoms with Gasteiger partial charge in [-0.1, -0.05) is 25.7 Å². The second-order valence-corrected chi connectivity index (χ2v) is 8.29. The maximum atomic E-state index is 12.2. The van der Waals surface area contributed by atoms with Crippen LogP contribution in [0, 0.1) is 0 Å². The monoisotopic (exact) mass is 303 g/mol. The van der Waals surface area contributed by atoms with Crippen molar-refractivity contribution in [1.82, 2.24) is 5.32 Å². The molecule has 2 rings (SSSR count). The third-order valence-electron chi connectivity index (χ3n) is 4.44. The molecule has 1 saturated carbocycles. The van der Waals surface area contributed by atoms with Crippen molar-refractivity contribution in [2.45, 2.75) is 62.9 Å². The van der Waals surface area contributed by atoms with E-state index in [2.05, 4.69) is 5.32 Å². The van der Waals surface area contributed by atoms with Gasteiger partial charge in [0.1, 0.15) is 5.54 Å². The zero-order valence-electron chi connectivity index (χ0n) is 12.2. The minimum Gasteiger partial charge on any atom is -0.468 e. The number of hydrogen-bond acceptors (Lipinski definition) is 5. The Labute approximate surface area is 121 Å². The minimum atomic E-state index is -3.17. The summed E-state index contributed by atoms with van der Waals surface area (Å²) in [6.45, 7) is 0. The average Bonchev–Trinajstić information content (AvgIpc) is 2.65. The number of esters is 1. The molecule has 1 heterocycles. The van der Waals surface area contributed by atoms with E-state index in [9.17, 15) is 13.2 Å². The van der Waals surface area contributed by atoms with Gasteiger partial charge in [-0.05, 0) is 25.7 Å². The Morgan fingerprint density at radius 3 is 2.35 bits per heavy atom. The minimum absolute atomic E-state index is 0.122. The number of carbonyl (C=O) groups excluding carboxylic acids is 1. The van der Waals surface area contributed by atoms with Gasteiger partial charge in [0.15, 0.2) is 9.84 Å². The van der Waals surface area contributed by atoms with Crippen LogP contribution in [0.4, 0.5) is 0 Å². The third-order valence-corrected chi connectivity index (χ3v) is 6.28. The predicted molar refractivity (Wildman–Crippen MR) is 77.3 cm³/mol.